The molecule has 5 nitrogen and oxygen atoms in total. The van der Waals surface area contributed by atoms with Crippen LogP contribution in [-0.2, 0) is 4.79 Å². The van der Waals surface area contributed by atoms with Crippen LogP contribution in [-0.4, -0.2) is 50.2 Å². The van der Waals surface area contributed by atoms with Gasteiger partial charge in [-0.15, -0.1) is 0 Å². The van der Waals surface area contributed by atoms with Gasteiger partial charge in [0, 0.05) is 13.6 Å². The van der Waals surface area contributed by atoms with Crippen LogP contribution in [0.3, 0.4) is 0 Å². The van der Waals surface area contributed by atoms with Crippen molar-refractivity contribution in [1.29, 1.82) is 0 Å². The Kier molecular flexibility index (Phi) is 4.29. The molecule has 1 aromatic carbocycles. The number of nitrogens with zero attached hydrogens (tertiary/aromatic N) is 1. The van der Waals surface area contributed by atoms with Gasteiger partial charge in [0.15, 0.2) is 17.6 Å². The summed E-state index contributed by atoms with van der Waals surface area (Å²) in [7, 11) is 1.85. The zero-order chi connectivity index (χ0) is 14.7. The Morgan fingerprint density at radius 2 is 2.19 bits per heavy atom. The largest absolute Gasteiger partial charge is 0.486 e. The molecule has 0 radical (unpaired) electrons. The lowest BCUT2D eigenvalue weighted by Crippen LogP contribution is -2.46. The zero-order valence-electron chi connectivity index (χ0n) is 12.4. The van der Waals surface area contributed by atoms with E-state index in [-0.39, 0.29) is 17.9 Å². The second kappa shape index (κ2) is 6.35. The van der Waals surface area contributed by atoms with Crippen molar-refractivity contribution in [2.75, 3.05) is 33.3 Å². The molecule has 1 aromatic rings. The van der Waals surface area contributed by atoms with Gasteiger partial charge in [0.25, 0.3) is 0 Å². The predicted molar refractivity (Wildman–Crippen MR) is 79.6 cm³/mol. The van der Waals surface area contributed by atoms with Gasteiger partial charge in [-0.25, -0.2) is 0 Å². The molecule has 0 bridgehead atoms. The van der Waals surface area contributed by atoms with Crippen LogP contribution >= 0.6 is 0 Å². The summed E-state index contributed by atoms with van der Waals surface area (Å²) in [5.41, 5.74) is 0. The third kappa shape index (κ3) is 3.29. The minimum absolute atomic E-state index is 0.0977. The van der Waals surface area contributed by atoms with E-state index >= 15 is 0 Å². The van der Waals surface area contributed by atoms with Gasteiger partial charge in [0.2, 0.25) is 5.91 Å². The summed E-state index contributed by atoms with van der Waals surface area (Å²) in [5.74, 6) is 1.83. The summed E-state index contributed by atoms with van der Waals surface area (Å²) < 4.78 is 11.6. The van der Waals surface area contributed by atoms with Gasteiger partial charge in [-0.05, 0) is 31.5 Å². The third-order valence-corrected chi connectivity index (χ3v) is 4.07. The molecule has 114 valence electrons. The molecule has 2 aliphatic rings. The van der Waals surface area contributed by atoms with Crippen LogP contribution in [0.4, 0.5) is 0 Å². The lowest BCUT2D eigenvalue weighted by atomic mass is 9.98. The van der Waals surface area contributed by atoms with Crippen molar-refractivity contribution >= 4 is 5.91 Å². The number of nitrogens with one attached hydrogen (secondary N) is 1. The molecule has 1 N–H and O–H groups in total. The summed E-state index contributed by atoms with van der Waals surface area (Å²) in [4.78, 5) is 14.2. The molecule has 1 unspecified atom stereocenters. The number of ether oxygens (including phenoxy) is 2. The summed E-state index contributed by atoms with van der Waals surface area (Å²) in [6, 6.07) is 7.64. The van der Waals surface area contributed by atoms with Gasteiger partial charge in [0.1, 0.15) is 6.61 Å². The van der Waals surface area contributed by atoms with E-state index in [4.69, 9.17) is 9.47 Å². The number of hydrogen-bond acceptors (Lipinski definition) is 4. The summed E-state index contributed by atoms with van der Waals surface area (Å²) in [6.07, 6.45) is 1.94. The number of fused-ring (bicyclic) bond motifs is 1. The Bertz CT molecular complexity index is 500. The molecule has 2 aliphatic heterocycles. The van der Waals surface area contributed by atoms with Gasteiger partial charge >= 0.3 is 0 Å². The minimum Gasteiger partial charge on any atom is -0.486 e. The van der Waals surface area contributed by atoms with Crippen LogP contribution < -0.4 is 14.8 Å². The summed E-state index contributed by atoms with van der Waals surface area (Å²) >= 11 is 0. The lowest BCUT2D eigenvalue weighted by Gasteiger charge is -2.32. The average molecular weight is 290 g/mol. The van der Waals surface area contributed by atoms with Crippen molar-refractivity contribution in [2.45, 2.75) is 18.9 Å². The van der Waals surface area contributed by atoms with Crippen LogP contribution in [0.2, 0.25) is 0 Å². The van der Waals surface area contributed by atoms with Gasteiger partial charge in [-0.2, -0.15) is 0 Å². The van der Waals surface area contributed by atoms with Crippen molar-refractivity contribution in [2.24, 2.45) is 5.92 Å². The number of benzene rings is 1. The number of carbonyl (C=O) groups excluding carboxylic acids is 1. The average Bonchev–Trinajstić information content (AvgIpc) is 2.55. The third-order valence-electron chi connectivity index (χ3n) is 4.07. The van der Waals surface area contributed by atoms with Crippen LogP contribution in [0.25, 0.3) is 0 Å². The SMILES string of the molecule is CN(CC1COc2ccccc2O1)C(=O)[C@@H]1CCCNC1. The quantitative estimate of drug-likeness (QED) is 0.911. The monoisotopic (exact) mass is 290 g/mol. The number of para-hydroxylation sites is 2. The fraction of sp³-hybridized carbons (Fsp3) is 0.562. The Balaban J connectivity index is 1.56. The number of amides is 1. The number of piperidine rings is 1. The highest BCUT2D eigenvalue weighted by Gasteiger charge is 2.28. The highest BCUT2D eigenvalue weighted by molar-refractivity contribution is 5.79. The molecule has 5 heteroatoms. The van der Waals surface area contributed by atoms with Crippen LogP contribution in [0.15, 0.2) is 24.3 Å². The summed E-state index contributed by atoms with van der Waals surface area (Å²) in [6.45, 7) is 2.85. The fourth-order valence-electron chi connectivity index (χ4n) is 2.92. The molecule has 0 saturated carbocycles. The second-order valence-electron chi connectivity index (χ2n) is 5.76. The maximum Gasteiger partial charge on any atom is 0.226 e. The first-order valence-corrected chi connectivity index (χ1v) is 7.58. The van der Waals surface area contributed by atoms with Crippen LogP contribution in [0.5, 0.6) is 11.5 Å². The van der Waals surface area contributed by atoms with E-state index in [9.17, 15) is 4.79 Å². The van der Waals surface area contributed by atoms with Crippen molar-refractivity contribution in [3.05, 3.63) is 24.3 Å². The van der Waals surface area contributed by atoms with Gasteiger partial charge in [0.05, 0.1) is 12.5 Å². The highest BCUT2D eigenvalue weighted by atomic mass is 16.6. The maximum absolute atomic E-state index is 12.4. The molecule has 3 rings (SSSR count). The molecule has 21 heavy (non-hydrogen) atoms. The van der Waals surface area contributed by atoms with E-state index in [1.54, 1.807) is 4.90 Å². The normalized spacial score (nSPS) is 24.4. The molecule has 2 atom stereocenters. The lowest BCUT2D eigenvalue weighted by molar-refractivity contribution is -0.136. The standard InChI is InChI=1S/C16H22N2O3/c1-18(16(19)12-5-4-8-17-9-12)10-13-11-20-14-6-2-3-7-15(14)21-13/h2-3,6-7,12-13,17H,4-5,8-11H2,1H3/t12-,13?/m1/s1. The summed E-state index contributed by atoms with van der Waals surface area (Å²) in [5, 5.41) is 3.28. The van der Waals surface area contributed by atoms with E-state index in [0.717, 1.165) is 37.4 Å². The van der Waals surface area contributed by atoms with Crippen LogP contribution in [0, 0.1) is 5.92 Å². The molecular formula is C16H22N2O3. The Labute approximate surface area is 125 Å². The van der Waals surface area contributed by atoms with Gasteiger partial charge in [-0.3, -0.25) is 4.79 Å². The molecule has 0 spiro atoms. The van der Waals surface area contributed by atoms with Crippen molar-refractivity contribution in [1.82, 2.24) is 10.2 Å². The number of carbonyl (C=O) groups is 1. The van der Waals surface area contributed by atoms with E-state index in [2.05, 4.69) is 5.32 Å². The van der Waals surface area contributed by atoms with Crippen molar-refractivity contribution in [3.8, 4) is 11.5 Å². The molecule has 2 heterocycles. The maximum atomic E-state index is 12.4. The molecular weight excluding hydrogens is 268 g/mol. The minimum atomic E-state index is -0.106. The van der Waals surface area contributed by atoms with E-state index in [0.29, 0.717) is 13.2 Å². The predicted octanol–water partition coefficient (Wildman–Crippen LogP) is 1.28. The second-order valence-corrected chi connectivity index (χ2v) is 5.76. The molecule has 0 aromatic heterocycles. The van der Waals surface area contributed by atoms with E-state index < -0.39 is 0 Å². The first-order chi connectivity index (χ1) is 10.2. The number of hydrogen-bond donors (Lipinski definition) is 1. The fourth-order valence-corrected chi connectivity index (χ4v) is 2.92. The van der Waals surface area contributed by atoms with Crippen LogP contribution in [0.1, 0.15) is 12.8 Å². The van der Waals surface area contributed by atoms with Gasteiger partial charge < -0.3 is 19.7 Å². The smallest absolute Gasteiger partial charge is 0.226 e. The van der Waals surface area contributed by atoms with E-state index in [1.807, 2.05) is 31.3 Å². The Morgan fingerprint density at radius 3 is 2.95 bits per heavy atom. The Hall–Kier alpha value is -1.75. The number of rotatable bonds is 3. The zero-order valence-corrected chi connectivity index (χ0v) is 12.4. The van der Waals surface area contributed by atoms with E-state index in [1.165, 1.54) is 0 Å². The van der Waals surface area contributed by atoms with Gasteiger partial charge in [-0.1, -0.05) is 12.1 Å². The molecule has 1 fully saturated rings. The first kappa shape index (κ1) is 14.2. The van der Waals surface area contributed by atoms with Crippen molar-refractivity contribution in [3.63, 3.8) is 0 Å². The Morgan fingerprint density at radius 1 is 1.38 bits per heavy atom. The molecule has 0 aliphatic carbocycles. The highest BCUT2D eigenvalue weighted by Crippen LogP contribution is 2.31. The first-order valence-electron chi connectivity index (χ1n) is 7.58. The number of likely N-dealkylation sites (N-methyl/N-ethyl adjacent to an activating group) is 1. The van der Waals surface area contributed by atoms with Crippen molar-refractivity contribution < 1.29 is 14.3 Å². The molecule has 1 amide bonds. The topological polar surface area (TPSA) is 50.8 Å². The molecule has 1 saturated heterocycles.